The molecule has 1 atom stereocenters. The van der Waals surface area contributed by atoms with Gasteiger partial charge in [-0.25, -0.2) is 4.39 Å². The van der Waals surface area contributed by atoms with Crippen LogP contribution in [0.15, 0.2) is 36.4 Å². The van der Waals surface area contributed by atoms with Crippen molar-refractivity contribution in [1.29, 1.82) is 0 Å². The molecule has 100 valence electrons. The summed E-state index contributed by atoms with van der Waals surface area (Å²) in [5, 5.41) is 10.7. The summed E-state index contributed by atoms with van der Waals surface area (Å²) in [4.78, 5) is 0. The fraction of sp³-hybridized carbons (Fsp3) is 0.250. The Labute approximate surface area is 117 Å². The molecule has 0 fully saturated rings. The van der Waals surface area contributed by atoms with Crippen molar-refractivity contribution in [2.75, 3.05) is 0 Å². The summed E-state index contributed by atoms with van der Waals surface area (Å²) >= 11 is 6.01. The first-order valence-electron chi connectivity index (χ1n) is 6.16. The van der Waals surface area contributed by atoms with Crippen LogP contribution in [0.1, 0.15) is 28.4 Å². The third-order valence-electron chi connectivity index (χ3n) is 3.34. The molecule has 2 aromatic rings. The molecule has 0 bridgehead atoms. The lowest BCUT2D eigenvalue weighted by molar-refractivity contribution is 0.178. The Hall–Kier alpha value is -1.38. The molecule has 0 spiro atoms. The number of halogens is 2. The van der Waals surface area contributed by atoms with Crippen LogP contribution in [0.25, 0.3) is 0 Å². The van der Waals surface area contributed by atoms with E-state index in [4.69, 9.17) is 11.6 Å². The van der Waals surface area contributed by atoms with Crippen molar-refractivity contribution in [2.24, 2.45) is 0 Å². The quantitative estimate of drug-likeness (QED) is 0.884. The van der Waals surface area contributed by atoms with Gasteiger partial charge in [0.05, 0.1) is 6.10 Å². The van der Waals surface area contributed by atoms with E-state index >= 15 is 0 Å². The third kappa shape index (κ3) is 3.34. The molecule has 3 heteroatoms. The Kier molecular flexibility index (Phi) is 4.23. The molecule has 0 aliphatic heterocycles. The van der Waals surface area contributed by atoms with Gasteiger partial charge in [-0.05, 0) is 54.3 Å². The highest BCUT2D eigenvalue weighted by atomic mass is 35.5. The van der Waals surface area contributed by atoms with Gasteiger partial charge in [0.1, 0.15) is 5.82 Å². The molecule has 0 amide bonds. The number of hydrogen-bond acceptors (Lipinski definition) is 1. The van der Waals surface area contributed by atoms with E-state index in [0.717, 1.165) is 11.1 Å². The van der Waals surface area contributed by atoms with Crippen LogP contribution in [0.3, 0.4) is 0 Å². The maximum Gasteiger partial charge on any atom is 0.123 e. The Balaban J connectivity index is 2.22. The fourth-order valence-corrected chi connectivity index (χ4v) is 2.19. The van der Waals surface area contributed by atoms with E-state index in [9.17, 15) is 9.50 Å². The monoisotopic (exact) mass is 278 g/mol. The highest BCUT2D eigenvalue weighted by Gasteiger charge is 2.12. The molecular weight excluding hydrogens is 263 g/mol. The first-order valence-corrected chi connectivity index (χ1v) is 6.54. The molecule has 1 nitrogen and oxygen atoms in total. The van der Waals surface area contributed by atoms with E-state index in [1.807, 2.05) is 32.0 Å². The van der Waals surface area contributed by atoms with Gasteiger partial charge >= 0.3 is 0 Å². The van der Waals surface area contributed by atoms with Crippen molar-refractivity contribution in [2.45, 2.75) is 26.4 Å². The first kappa shape index (κ1) is 14.0. The normalized spacial score (nSPS) is 12.5. The number of aliphatic hydroxyl groups is 1. The zero-order valence-electron chi connectivity index (χ0n) is 11.0. The number of benzene rings is 2. The van der Waals surface area contributed by atoms with Crippen LogP contribution in [-0.4, -0.2) is 5.11 Å². The molecule has 0 saturated heterocycles. The molecule has 0 saturated carbocycles. The molecule has 0 radical (unpaired) electrons. The molecule has 0 heterocycles. The summed E-state index contributed by atoms with van der Waals surface area (Å²) in [5.41, 5.74) is 3.75. The van der Waals surface area contributed by atoms with Gasteiger partial charge in [-0.2, -0.15) is 0 Å². The largest absolute Gasteiger partial charge is 0.388 e. The van der Waals surface area contributed by atoms with Crippen LogP contribution in [-0.2, 0) is 6.42 Å². The van der Waals surface area contributed by atoms with Gasteiger partial charge in [0.15, 0.2) is 0 Å². The lowest BCUT2D eigenvalue weighted by Gasteiger charge is -2.14. The highest BCUT2D eigenvalue weighted by molar-refractivity contribution is 6.31. The first-order chi connectivity index (χ1) is 8.97. The number of aryl methyl sites for hydroxylation is 2. The standard InChI is InChI=1S/C16H16ClFO/c1-10-3-4-12(7-11(10)2)16(19)9-13-8-14(18)5-6-15(13)17/h3-8,16,19H,9H2,1-2H3. The van der Waals surface area contributed by atoms with E-state index in [2.05, 4.69) is 0 Å². The predicted octanol–water partition coefficient (Wildman–Crippen LogP) is 4.37. The number of aliphatic hydroxyl groups excluding tert-OH is 1. The van der Waals surface area contributed by atoms with E-state index < -0.39 is 6.10 Å². The summed E-state index contributed by atoms with van der Waals surface area (Å²) in [6.07, 6.45) is -0.377. The minimum Gasteiger partial charge on any atom is -0.388 e. The van der Waals surface area contributed by atoms with Gasteiger partial charge in [0.2, 0.25) is 0 Å². The minimum atomic E-state index is -0.682. The lowest BCUT2D eigenvalue weighted by Crippen LogP contribution is -2.03. The van der Waals surface area contributed by atoms with Crippen LogP contribution in [0.4, 0.5) is 4.39 Å². The molecule has 2 rings (SSSR count). The van der Waals surface area contributed by atoms with Gasteiger partial charge in [-0.1, -0.05) is 29.8 Å². The zero-order chi connectivity index (χ0) is 14.0. The molecule has 0 aliphatic carbocycles. The summed E-state index contributed by atoms with van der Waals surface area (Å²) in [7, 11) is 0. The molecule has 1 unspecified atom stereocenters. The second-order valence-electron chi connectivity index (χ2n) is 4.80. The third-order valence-corrected chi connectivity index (χ3v) is 3.71. The van der Waals surface area contributed by atoms with Gasteiger partial charge in [0, 0.05) is 11.4 Å². The van der Waals surface area contributed by atoms with Gasteiger partial charge in [-0.15, -0.1) is 0 Å². The smallest absolute Gasteiger partial charge is 0.123 e. The molecule has 0 aromatic heterocycles. The Morgan fingerprint density at radius 3 is 2.53 bits per heavy atom. The average molecular weight is 279 g/mol. The Bertz CT molecular complexity index is 595. The zero-order valence-corrected chi connectivity index (χ0v) is 11.7. The summed E-state index contributed by atoms with van der Waals surface area (Å²) < 4.78 is 13.2. The van der Waals surface area contributed by atoms with Crippen molar-refractivity contribution >= 4 is 11.6 Å². The number of hydrogen-bond donors (Lipinski definition) is 1. The van der Waals surface area contributed by atoms with Crippen LogP contribution in [0.2, 0.25) is 5.02 Å². The Morgan fingerprint density at radius 1 is 1.11 bits per heavy atom. The summed E-state index contributed by atoms with van der Waals surface area (Å²) in [6.45, 7) is 4.02. The van der Waals surface area contributed by atoms with Crippen molar-refractivity contribution in [1.82, 2.24) is 0 Å². The van der Waals surface area contributed by atoms with Crippen LogP contribution >= 0.6 is 11.6 Å². The predicted molar refractivity (Wildman–Crippen MR) is 76.0 cm³/mol. The molecule has 1 N–H and O–H groups in total. The van der Waals surface area contributed by atoms with Crippen molar-refractivity contribution < 1.29 is 9.50 Å². The average Bonchev–Trinajstić information content (AvgIpc) is 2.37. The van der Waals surface area contributed by atoms with Crippen molar-refractivity contribution in [3.8, 4) is 0 Å². The van der Waals surface area contributed by atoms with Crippen LogP contribution < -0.4 is 0 Å². The second kappa shape index (κ2) is 5.72. The summed E-state index contributed by atoms with van der Waals surface area (Å²) in [6, 6.07) is 10.0. The van der Waals surface area contributed by atoms with Crippen LogP contribution in [0.5, 0.6) is 0 Å². The molecular formula is C16H16ClFO. The van der Waals surface area contributed by atoms with E-state index in [1.165, 1.54) is 23.8 Å². The van der Waals surface area contributed by atoms with Crippen LogP contribution in [0, 0.1) is 19.7 Å². The van der Waals surface area contributed by atoms with Gasteiger partial charge in [-0.3, -0.25) is 0 Å². The molecule has 0 aliphatic rings. The maximum absolute atomic E-state index is 13.2. The lowest BCUT2D eigenvalue weighted by atomic mass is 9.98. The molecule has 2 aromatic carbocycles. The topological polar surface area (TPSA) is 20.2 Å². The van der Waals surface area contributed by atoms with E-state index in [1.54, 1.807) is 0 Å². The number of rotatable bonds is 3. The Morgan fingerprint density at radius 2 is 1.84 bits per heavy atom. The van der Waals surface area contributed by atoms with E-state index in [0.29, 0.717) is 17.0 Å². The maximum atomic E-state index is 13.2. The van der Waals surface area contributed by atoms with Gasteiger partial charge in [0.25, 0.3) is 0 Å². The fourth-order valence-electron chi connectivity index (χ4n) is 2.00. The highest BCUT2D eigenvalue weighted by Crippen LogP contribution is 2.25. The van der Waals surface area contributed by atoms with Crippen molar-refractivity contribution in [3.63, 3.8) is 0 Å². The van der Waals surface area contributed by atoms with Gasteiger partial charge < -0.3 is 5.11 Å². The SMILES string of the molecule is Cc1ccc(C(O)Cc2cc(F)ccc2Cl)cc1C. The summed E-state index contributed by atoms with van der Waals surface area (Å²) in [5.74, 6) is -0.341. The second-order valence-corrected chi connectivity index (χ2v) is 5.21. The van der Waals surface area contributed by atoms with E-state index in [-0.39, 0.29) is 5.82 Å². The van der Waals surface area contributed by atoms with Crippen molar-refractivity contribution in [3.05, 3.63) is 69.5 Å². The minimum absolute atomic E-state index is 0.305. The molecule has 19 heavy (non-hydrogen) atoms.